The van der Waals surface area contributed by atoms with E-state index in [0.717, 1.165) is 17.7 Å². The second-order valence-electron chi connectivity index (χ2n) is 6.12. The summed E-state index contributed by atoms with van der Waals surface area (Å²) in [6.07, 6.45) is 7.13. The summed E-state index contributed by atoms with van der Waals surface area (Å²) in [4.78, 5) is 20.8. The molecule has 2 aliphatic carbocycles. The molecular weight excluding hydrogens is 266 g/mol. The van der Waals surface area contributed by atoms with Crippen LogP contribution in [0.15, 0.2) is 18.6 Å². The molecule has 1 saturated carbocycles. The second kappa shape index (κ2) is 4.38. The van der Waals surface area contributed by atoms with E-state index in [1.807, 2.05) is 18.5 Å². The fourth-order valence-corrected chi connectivity index (χ4v) is 3.20. The van der Waals surface area contributed by atoms with Crippen molar-refractivity contribution in [3.8, 4) is 5.82 Å². The molecule has 0 bridgehead atoms. The molecule has 2 atom stereocenters. The number of fused-ring (bicyclic) bond motifs is 3. The van der Waals surface area contributed by atoms with Crippen LogP contribution in [0.1, 0.15) is 47.9 Å². The summed E-state index contributed by atoms with van der Waals surface area (Å²) in [5.41, 5.74) is 2.81. The predicted octanol–water partition coefficient (Wildman–Crippen LogP) is 1.46. The summed E-state index contributed by atoms with van der Waals surface area (Å²) in [5, 5.41) is 7.47. The zero-order valence-electron chi connectivity index (χ0n) is 12.1. The van der Waals surface area contributed by atoms with Gasteiger partial charge in [-0.25, -0.2) is 9.67 Å². The van der Waals surface area contributed by atoms with Gasteiger partial charge in [-0.1, -0.05) is 0 Å². The molecule has 2 heterocycles. The molecular formula is C15H17N5O. The highest BCUT2D eigenvalue weighted by atomic mass is 16.2. The lowest BCUT2D eigenvalue weighted by Gasteiger charge is -2.07. The third-order valence-corrected chi connectivity index (χ3v) is 4.16. The maximum atomic E-state index is 12.4. The highest BCUT2D eigenvalue weighted by Gasteiger charge is 2.50. The van der Waals surface area contributed by atoms with Crippen molar-refractivity contribution in [2.45, 2.75) is 38.6 Å². The first kappa shape index (κ1) is 12.5. The molecule has 0 radical (unpaired) electrons. The molecule has 4 rings (SSSR count). The van der Waals surface area contributed by atoms with Crippen LogP contribution in [0, 0.1) is 5.92 Å². The molecule has 6 nitrogen and oxygen atoms in total. The van der Waals surface area contributed by atoms with Crippen LogP contribution in [-0.4, -0.2) is 31.7 Å². The standard InChI is InChI=1S/C15H17N5O/c1-8(2)18-15(21)13-11-6-9-5-10(9)14(11)20(19-13)12-7-16-3-4-17-12/h3-4,7-10H,5-6H2,1-2H3,(H,18,21). The molecule has 0 aliphatic heterocycles. The van der Waals surface area contributed by atoms with E-state index in [0.29, 0.717) is 23.3 Å². The van der Waals surface area contributed by atoms with Crippen LogP contribution in [0.4, 0.5) is 0 Å². The first-order valence-electron chi connectivity index (χ1n) is 7.34. The smallest absolute Gasteiger partial charge is 0.272 e. The Morgan fingerprint density at radius 1 is 1.43 bits per heavy atom. The minimum Gasteiger partial charge on any atom is -0.348 e. The van der Waals surface area contributed by atoms with Crippen LogP contribution < -0.4 is 5.32 Å². The van der Waals surface area contributed by atoms with Crippen LogP contribution in [0.2, 0.25) is 0 Å². The Balaban J connectivity index is 1.81. The molecule has 2 aromatic heterocycles. The van der Waals surface area contributed by atoms with Gasteiger partial charge in [0.15, 0.2) is 11.5 Å². The number of rotatable bonds is 3. The number of carbonyl (C=O) groups is 1. The molecule has 1 N–H and O–H groups in total. The van der Waals surface area contributed by atoms with Crippen molar-refractivity contribution < 1.29 is 4.79 Å². The molecule has 1 amide bonds. The lowest BCUT2D eigenvalue weighted by atomic mass is 10.1. The van der Waals surface area contributed by atoms with Gasteiger partial charge in [0.2, 0.25) is 0 Å². The third kappa shape index (κ3) is 1.93. The number of nitrogens with zero attached hydrogens (tertiary/aromatic N) is 4. The molecule has 2 unspecified atom stereocenters. The minimum absolute atomic E-state index is 0.0924. The number of carbonyl (C=O) groups excluding carboxylic acids is 1. The molecule has 2 aliphatic rings. The van der Waals surface area contributed by atoms with Crippen LogP contribution in [0.25, 0.3) is 5.82 Å². The summed E-state index contributed by atoms with van der Waals surface area (Å²) < 4.78 is 1.81. The average Bonchev–Trinajstić information content (AvgIpc) is 2.96. The molecule has 108 valence electrons. The molecule has 0 saturated heterocycles. The normalized spacial score (nSPS) is 22.0. The zero-order chi connectivity index (χ0) is 14.6. The van der Waals surface area contributed by atoms with Gasteiger partial charge in [0, 0.05) is 29.9 Å². The van der Waals surface area contributed by atoms with E-state index in [1.165, 1.54) is 6.42 Å². The van der Waals surface area contributed by atoms with Gasteiger partial charge in [-0.15, -0.1) is 0 Å². The Labute approximate surface area is 122 Å². The maximum absolute atomic E-state index is 12.4. The van der Waals surface area contributed by atoms with Crippen LogP contribution >= 0.6 is 0 Å². The summed E-state index contributed by atoms with van der Waals surface area (Å²) in [6.45, 7) is 3.91. The lowest BCUT2D eigenvalue weighted by molar-refractivity contribution is 0.0936. The summed E-state index contributed by atoms with van der Waals surface area (Å²) in [6, 6.07) is 0.103. The molecule has 0 aromatic carbocycles. The van der Waals surface area contributed by atoms with Crippen molar-refractivity contribution in [1.29, 1.82) is 0 Å². The van der Waals surface area contributed by atoms with Crippen molar-refractivity contribution in [3.63, 3.8) is 0 Å². The van der Waals surface area contributed by atoms with E-state index >= 15 is 0 Å². The lowest BCUT2D eigenvalue weighted by Crippen LogP contribution is -2.31. The second-order valence-corrected chi connectivity index (χ2v) is 6.12. The molecule has 6 heteroatoms. The van der Waals surface area contributed by atoms with E-state index in [-0.39, 0.29) is 11.9 Å². The summed E-state index contributed by atoms with van der Waals surface area (Å²) in [5.74, 6) is 1.82. The average molecular weight is 283 g/mol. The van der Waals surface area contributed by atoms with E-state index in [9.17, 15) is 4.79 Å². The van der Waals surface area contributed by atoms with Crippen molar-refractivity contribution in [1.82, 2.24) is 25.1 Å². The van der Waals surface area contributed by atoms with Gasteiger partial charge in [-0.2, -0.15) is 5.10 Å². The SMILES string of the molecule is CC(C)NC(=O)c1nn(-c2cnccn2)c2c1CC1CC21. The van der Waals surface area contributed by atoms with Gasteiger partial charge in [0.05, 0.1) is 11.9 Å². The minimum atomic E-state index is -0.0924. The molecule has 2 aromatic rings. The zero-order valence-corrected chi connectivity index (χ0v) is 12.1. The number of hydrogen-bond acceptors (Lipinski definition) is 4. The van der Waals surface area contributed by atoms with Crippen molar-refractivity contribution in [3.05, 3.63) is 35.5 Å². The first-order valence-corrected chi connectivity index (χ1v) is 7.34. The number of aromatic nitrogens is 4. The first-order chi connectivity index (χ1) is 10.1. The van der Waals surface area contributed by atoms with Gasteiger partial charge in [0.25, 0.3) is 5.91 Å². The van der Waals surface area contributed by atoms with Crippen LogP contribution in [0.3, 0.4) is 0 Å². The van der Waals surface area contributed by atoms with E-state index in [4.69, 9.17) is 0 Å². The van der Waals surface area contributed by atoms with Crippen LogP contribution in [-0.2, 0) is 6.42 Å². The van der Waals surface area contributed by atoms with Crippen molar-refractivity contribution in [2.24, 2.45) is 5.92 Å². The largest absolute Gasteiger partial charge is 0.348 e. The fraction of sp³-hybridized carbons (Fsp3) is 0.467. The highest BCUT2D eigenvalue weighted by molar-refractivity contribution is 5.94. The molecule has 0 spiro atoms. The Kier molecular flexibility index (Phi) is 2.60. The maximum Gasteiger partial charge on any atom is 0.272 e. The highest BCUT2D eigenvalue weighted by Crippen LogP contribution is 2.57. The molecule has 21 heavy (non-hydrogen) atoms. The summed E-state index contributed by atoms with van der Waals surface area (Å²) >= 11 is 0. The number of hydrogen-bond donors (Lipinski definition) is 1. The topological polar surface area (TPSA) is 72.7 Å². The van der Waals surface area contributed by atoms with Crippen molar-refractivity contribution in [2.75, 3.05) is 0 Å². The van der Waals surface area contributed by atoms with Gasteiger partial charge >= 0.3 is 0 Å². The van der Waals surface area contributed by atoms with Gasteiger partial charge in [-0.05, 0) is 32.6 Å². The fourth-order valence-electron chi connectivity index (χ4n) is 3.20. The number of amides is 1. The Morgan fingerprint density at radius 2 is 2.29 bits per heavy atom. The molecule has 1 fully saturated rings. The number of nitrogens with one attached hydrogen (secondary N) is 1. The summed E-state index contributed by atoms with van der Waals surface area (Å²) in [7, 11) is 0. The van der Waals surface area contributed by atoms with E-state index in [1.54, 1.807) is 18.6 Å². The monoisotopic (exact) mass is 283 g/mol. The Morgan fingerprint density at radius 3 is 3.00 bits per heavy atom. The predicted molar refractivity (Wildman–Crippen MR) is 76.3 cm³/mol. The van der Waals surface area contributed by atoms with Gasteiger partial charge < -0.3 is 5.32 Å². The quantitative estimate of drug-likeness (QED) is 0.925. The van der Waals surface area contributed by atoms with E-state index in [2.05, 4.69) is 20.4 Å². The Hall–Kier alpha value is -2.24. The van der Waals surface area contributed by atoms with E-state index < -0.39 is 0 Å². The van der Waals surface area contributed by atoms with Gasteiger partial charge in [0.1, 0.15) is 0 Å². The van der Waals surface area contributed by atoms with Crippen LogP contribution in [0.5, 0.6) is 0 Å². The third-order valence-electron chi connectivity index (χ3n) is 4.16. The Bertz CT molecular complexity index is 706. The van der Waals surface area contributed by atoms with Crippen molar-refractivity contribution >= 4 is 5.91 Å². The van der Waals surface area contributed by atoms with Gasteiger partial charge in [-0.3, -0.25) is 9.78 Å².